The number of hydrogen-bond donors (Lipinski definition) is 1. The van der Waals surface area contributed by atoms with Crippen LogP contribution in [0.1, 0.15) is 22.8 Å². The Kier molecular flexibility index (Phi) is 2.68. The summed E-state index contributed by atoms with van der Waals surface area (Å²) in [5.74, 6) is 1.43. The van der Waals surface area contributed by atoms with Gasteiger partial charge in [-0.1, -0.05) is 24.3 Å². The van der Waals surface area contributed by atoms with Crippen molar-refractivity contribution in [3.8, 4) is 11.5 Å². The Morgan fingerprint density at radius 3 is 2.83 bits per heavy atom. The highest BCUT2D eigenvalue weighted by Gasteiger charge is 2.22. The summed E-state index contributed by atoms with van der Waals surface area (Å²) in [6.07, 6.45) is -0.672. The number of benzene rings is 2. The molecule has 92 valence electrons. The average Bonchev–Trinajstić information content (AvgIpc) is 2.57. The predicted molar refractivity (Wildman–Crippen MR) is 67.8 cm³/mol. The molecule has 1 N–H and O–H groups in total. The van der Waals surface area contributed by atoms with Crippen molar-refractivity contribution in [3.63, 3.8) is 0 Å². The van der Waals surface area contributed by atoms with E-state index in [4.69, 9.17) is 9.47 Å². The van der Waals surface area contributed by atoms with E-state index >= 15 is 0 Å². The molecule has 1 aliphatic heterocycles. The van der Waals surface area contributed by atoms with Crippen molar-refractivity contribution in [1.29, 1.82) is 0 Å². The standard InChI is InChI=1S/C15H14O3/c1-17-11-6-7-14-13(8-11)15(16)12-5-3-2-4-10(12)9-18-14/h2-8,15-16H,9H2,1H3. The van der Waals surface area contributed by atoms with E-state index in [1.54, 1.807) is 7.11 Å². The van der Waals surface area contributed by atoms with Crippen LogP contribution in [0.4, 0.5) is 0 Å². The summed E-state index contributed by atoms with van der Waals surface area (Å²) in [7, 11) is 1.61. The van der Waals surface area contributed by atoms with Gasteiger partial charge in [0, 0.05) is 5.56 Å². The SMILES string of the molecule is COc1ccc2c(c1)C(O)c1ccccc1CO2. The van der Waals surface area contributed by atoms with Crippen LogP contribution in [0, 0.1) is 0 Å². The molecule has 18 heavy (non-hydrogen) atoms. The quantitative estimate of drug-likeness (QED) is 0.835. The van der Waals surface area contributed by atoms with Gasteiger partial charge in [-0.3, -0.25) is 0 Å². The molecule has 0 aromatic heterocycles. The lowest BCUT2D eigenvalue weighted by Crippen LogP contribution is -2.01. The third-order valence-electron chi connectivity index (χ3n) is 3.24. The van der Waals surface area contributed by atoms with Gasteiger partial charge >= 0.3 is 0 Å². The van der Waals surface area contributed by atoms with E-state index in [9.17, 15) is 5.11 Å². The van der Waals surface area contributed by atoms with Crippen molar-refractivity contribution in [1.82, 2.24) is 0 Å². The summed E-state index contributed by atoms with van der Waals surface area (Å²) in [5, 5.41) is 10.5. The molecule has 0 radical (unpaired) electrons. The van der Waals surface area contributed by atoms with Crippen LogP contribution in [0.15, 0.2) is 42.5 Å². The van der Waals surface area contributed by atoms with Crippen LogP contribution >= 0.6 is 0 Å². The number of ether oxygens (including phenoxy) is 2. The molecule has 2 aromatic carbocycles. The summed E-state index contributed by atoms with van der Waals surface area (Å²) in [6.45, 7) is 0.479. The smallest absolute Gasteiger partial charge is 0.126 e. The van der Waals surface area contributed by atoms with Crippen LogP contribution in [0.5, 0.6) is 11.5 Å². The largest absolute Gasteiger partial charge is 0.497 e. The fourth-order valence-electron chi connectivity index (χ4n) is 2.25. The summed E-state index contributed by atoms with van der Waals surface area (Å²) in [6, 6.07) is 13.3. The predicted octanol–water partition coefficient (Wildman–Crippen LogP) is 2.67. The number of methoxy groups -OCH3 is 1. The van der Waals surface area contributed by atoms with E-state index < -0.39 is 6.10 Å². The highest BCUT2D eigenvalue weighted by atomic mass is 16.5. The van der Waals surface area contributed by atoms with E-state index in [2.05, 4.69) is 0 Å². The molecule has 0 saturated carbocycles. The van der Waals surface area contributed by atoms with Crippen LogP contribution in [-0.4, -0.2) is 12.2 Å². The van der Waals surface area contributed by atoms with Crippen molar-refractivity contribution in [3.05, 3.63) is 59.2 Å². The molecule has 1 atom stereocenters. The minimum atomic E-state index is -0.672. The number of aliphatic hydroxyl groups is 1. The normalized spacial score (nSPS) is 17.1. The molecule has 3 heteroatoms. The Morgan fingerprint density at radius 1 is 1.17 bits per heavy atom. The Balaban J connectivity index is 2.14. The Morgan fingerprint density at radius 2 is 2.00 bits per heavy atom. The zero-order chi connectivity index (χ0) is 12.5. The van der Waals surface area contributed by atoms with Gasteiger partial charge in [-0.25, -0.2) is 0 Å². The van der Waals surface area contributed by atoms with Gasteiger partial charge in [0.05, 0.1) is 7.11 Å². The van der Waals surface area contributed by atoms with Crippen LogP contribution in [0.3, 0.4) is 0 Å². The van der Waals surface area contributed by atoms with Crippen molar-refractivity contribution < 1.29 is 14.6 Å². The second-order valence-corrected chi connectivity index (χ2v) is 4.29. The van der Waals surface area contributed by atoms with Crippen molar-refractivity contribution in [2.24, 2.45) is 0 Å². The van der Waals surface area contributed by atoms with Crippen molar-refractivity contribution in [2.75, 3.05) is 7.11 Å². The van der Waals surface area contributed by atoms with Gasteiger partial charge in [0.1, 0.15) is 24.2 Å². The van der Waals surface area contributed by atoms with Gasteiger partial charge in [-0.15, -0.1) is 0 Å². The topological polar surface area (TPSA) is 38.7 Å². The maximum absolute atomic E-state index is 10.5. The summed E-state index contributed by atoms with van der Waals surface area (Å²) < 4.78 is 10.9. The van der Waals surface area contributed by atoms with E-state index in [0.717, 1.165) is 22.4 Å². The highest BCUT2D eigenvalue weighted by molar-refractivity contribution is 5.48. The maximum atomic E-state index is 10.5. The summed E-state index contributed by atoms with van der Waals surface area (Å²) in [5.41, 5.74) is 2.66. The molecule has 0 saturated heterocycles. The minimum Gasteiger partial charge on any atom is -0.497 e. The number of rotatable bonds is 1. The first-order valence-corrected chi connectivity index (χ1v) is 5.86. The van der Waals surface area contributed by atoms with Crippen LogP contribution in [-0.2, 0) is 6.61 Å². The molecular weight excluding hydrogens is 228 g/mol. The maximum Gasteiger partial charge on any atom is 0.126 e. The minimum absolute atomic E-state index is 0.479. The van der Waals surface area contributed by atoms with Crippen LogP contribution < -0.4 is 9.47 Å². The van der Waals surface area contributed by atoms with E-state index in [1.165, 1.54) is 0 Å². The lowest BCUT2D eigenvalue weighted by Gasteiger charge is -2.13. The van der Waals surface area contributed by atoms with Gasteiger partial charge in [0.2, 0.25) is 0 Å². The average molecular weight is 242 g/mol. The lowest BCUT2D eigenvalue weighted by atomic mass is 9.97. The first-order valence-electron chi connectivity index (χ1n) is 5.86. The fraction of sp³-hybridized carbons (Fsp3) is 0.200. The molecule has 0 bridgehead atoms. The summed E-state index contributed by atoms with van der Waals surface area (Å²) in [4.78, 5) is 0. The lowest BCUT2D eigenvalue weighted by molar-refractivity contribution is 0.217. The van der Waals surface area contributed by atoms with E-state index in [1.807, 2.05) is 42.5 Å². The Hall–Kier alpha value is -2.00. The van der Waals surface area contributed by atoms with E-state index in [0.29, 0.717) is 12.4 Å². The molecule has 0 amide bonds. The first kappa shape index (κ1) is 11.1. The monoisotopic (exact) mass is 242 g/mol. The zero-order valence-corrected chi connectivity index (χ0v) is 10.1. The number of fused-ring (bicyclic) bond motifs is 2. The van der Waals surface area contributed by atoms with Gasteiger partial charge < -0.3 is 14.6 Å². The molecule has 0 fully saturated rings. The molecule has 3 rings (SSSR count). The molecule has 0 aliphatic carbocycles. The van der Waals surface area contributed by atoms with Crippen LogP contribution in [0.2, 0.25) is 0 Å². The molecule has 3 nitrogen and oxygen atoms in total. The third kappa shape index (κ3) is 1.73. The molecular formula is C15H14O3. The zero-order valence-electron chi connectivity index (χ0n) is 10.1. The molecule has 1 aliphatic rings. The fourth-order valence-corrected chi connectivity index (χ4v) is 2.25. The van der Waals surface area contributed by atoms with Gasteiger partial charge in [0.15, 0.2) is 0 Å². The third-order valence-corrected chi connectivity index (χ3v) is 3.24. The second kappa shape index (κ2) is 4.35. The number of aliphatic hydroxyl groups excluding tert-OH is 1. The van der Waals surface area contributed by atoms with Crippen molar-refractivity contribution in [2.45, 2.75) is 12.7 Å². The van der Waals surface area contributed by atoms with Crippen molar-refractivity contribution >= 4 is 0 Å². The van der Waals surface area contributed by atoms with Gasteiger partial charge in [-0.05, 0) is 29.3 Å². The Labute approximate surface area is 106 Å². The van der Waals surface area contributed by atoms with Crippen LogP contribution in [0.25, 0.3) is 0 Å². The summed E-state index contributed by atoms with van der Waals surface area (Å²) >= 11 is 0. The molecule has 0 spiro atoms. The molecule has 2 aromatic rings. The van der Waals surface area contributed by atoms with E-state index in [-0.39, 0.29) is 0 Å². The molecule has 1 unspecified atom stereocenters. The van der Waals surface area contributed by atoms with Gasteiger partial charge in [0.25, 0.3) is 0 Å². The second-order valence-electron chi connectivity index (χ2n) is 4.29. The number of hydrogen-bond acceptors (Lipinski definition) is 3. The Bertz CT molecular complexity index is 578. The highest BCUT2D eigenvalue weighted by Crippen LogP contribution is 2.37. The molecule has 1 heterocycles. The van der Waals surface area contributed by atoms with Gasteiger partial charge in [-0.2, -0.15) is 0 Å². The first-order chi connectivity index (χ1) is 8.79.